The van der Waals surface area contributed by atoms with Crippen molar-refractivity contribution >= 4 is 18.0 Å². The summed E-state index contributed by atoms with van der Waals surface area (Å²) in [5.41, 5.74) is 0.517. The van der Waals surface area contributed by atoms with Crippen molar-refractivity contribution in [2.75, 3.05) is 27.8 Å². The van der Waals surface area contributed by atoms with Crippen molar-refractivity contribution in [1.29, 1.82) is 0 Å². The predicted molar refractivity (Wildman–Crippen MR) is 71.6 cm³/mol. The van der Waals surface area contributed by atoms with Crippen LogP contribution in [0.25, 0.3) is 6.08 Å². The van der Waals surface area contributed by atoms with Gasteiger partial charge in [0, 0.05) is 13.1 Å². The molecule has 0 aliphatic carbocycles. The lowest BCUT2D eigenvalue weighted by Gasteiger charge is -2.12. The van der Waals surface area contributed by atoms with E-state index in [2.05, 4.69) is 4.74 Å². The maximum Gasteiger partial charge on any atom is 0.325 e. The molecule has 6 heteroatoms. The Balaban J connectivity index is 2.69. The Morgan fingerprint density at radius 2 is 2.05 bits per heavy atom. The van der Waals surface area contributed by atoms with Gasteiger partial charge in [0.05, 0.1) is 14.2 Å². The lowest BCUT2D eigenvalue weighted by molar-refractivity contribution is -0.144. The smallest absolute Gasteiger partial charge is 0.325 e. The van der Waals surface area contributed by atoms with Crippen LogP contribution in [-0.2, 0) is 14.3 Å². The normalized spacial score (nSPS) is 10.4. The van der Waals surface area contributed by atoms with Gasteiger partial charge in [0.15, 0.2) is 11.6 Å². The van der Waals surface area contributed by atoms with Crippen LogP contribution in [-0.4, -0.2) is 44.6 Å². The van der Waals surface area contributed by atoms with E-state index >= 15 is 0 Å². The number of hydrogen-bond acceptors (Lipinski definition) is 4. The summed E-state index contributed by atoms with van der Waals surface area (Å²) in [5, 5.41) is 0. The minimum atomic E-state index is -0.509. The lowest BCUT2D eigenvalue weighted by Crippen LogP contribution is -2.31. The summed E-state index contributed by atoms with van der Waals surface area (Å²) in [7, 11) is 4.09. The first-order valence-electron chi connectivity index (χ1n) is 5.81. The number of hydrogen-bond donors (Lipinski definition) is 0. The van der Waals surface area contributed by atoms with E-state index < -0.39 is 11.8 Å². The molecule has 0 fully saturated rings. The summed E-state index contributed by atoms with van der Waals surface area (Å²) < 4.78 is 22.7. The van der Waals surface area contributed by atoms with Crippen LogP contribution in [0.2, 0.25) is 0 Å². The number of ether oxygens (including phenoxy) is 2. The van der Waals surface area contributed by atoms with Gasteiger partial charge in [0.1, 0.15) is 6.54 Å². The highest BCUT2D eigenvalue weighted by Crippen LogP contribution is 2.18. The molecule has 1 aromatic carbocycles. The quantitative estimate of drug-likeness (QED) is 0.606. The van der Waals surface area contributed by atoms with Gasteiger partial charge in [0.25, 0.3) is 0 Å². The Labute approximate surface area is 116 Å². The Bertz CT molecular complexity index is 528. The Kier molecular flexibility index (Phi) is 5.71. The highest BCUT2D eigenvalue weighted by Gasteiger charge is 2.10. The van der Waals surface area contributed by atoms with Crippen molar-refractivity contribution in [3.8, 4) is 5.75 Å². The minimum Gasteiger partial charge on any atom is -0.494 e. The van der Waals surface area contributed by atoms with Gasteiger partial charge in [-0.1, -0.05) is 6.07 Å². The number of halogens is 1. The van der Waals surface area contributed by atoms with Gasteiger partial charge >= 0.3 is 5.97 Å². The van der Waals surface area contributed by atoms with Crippen LogP contribution in [0, 0.1) is 5.82 Å². The van der Waals surface area contributed by atoms with Gasteiger partial charge in [-0.2, -0.15) is 0 Å². The molecule has 1 amide bonds. The summed E-state index contributed by atoms with van der Waals surface area (Å²) in [5.74, 6) is -1.27. The lowest BCUT2D eigenvalue weighted by atomic mass is 10.2. The van der Waals surface area contributed by atoms with Gasteiger partial charge in [-0.3, -0.25) is 9.59 Å². The molecule has 20 heavy (non-hydrogen) atoms. The van der Waals surface area contributed by atoms with Gasteiger partial charge in [-0.25, -0.2) is 4.39 Å². The number of methoxy groups -OCH3 is 2. The fourth-order valence-electron chi connectivity index (χ4n) is 1.42. The van der Waals surface area contributed by atoms with E-state index in [0.717, 1.165) is 0 Å². The number of rotatable bonds is 5. The number of amides is 1. The molecule has 0 aromatic heterocycles. The Hall–Kier alpha value is -2.37. The van der Waals surface area contributed by atoms with Crippen molar-refractivity contribution < 1.29 is 23.5 Å². The van der Waals surface area contributed by atoms with Crippen molar-refractivity contribution in [1.82, 2.24) is 4.90 Å². The number of benzene rings is 1. The van der Waals surface area contributed by atoms with E-state index in [1.165, 1.54) is 50.5 Å². The fourth-order valence-corrected chi connectivity index (χ4v) is 1.42. The molecular weight excluding hydrogens is 265 g/mol. The highest BCUT2D eigenvalue weighted by molar-refractivity contribution is 5.93. The van der Waals surface area contributed by atoms with E-state index in [4.69, 9.17) is 4.74 Å². The van der Waals surface area contributed by atoms with Crippen LogP contribution >= 0.6 is 0 Å². The van der Waals surface area contributed by atoms with E-state index in [-0.39, 0.29) is 18.2 Å². The first-order valence-corrected chi connectivity index (χ1v) is 5.81. The third-order valence-electron chi connectivity index (χ3n) is 2.56. The standard InChI is InChI=1S/C14H16FNO4/c1-16(9-14(18)20-3)13(17)7-5-10-4-6-12(19-2)11(15)8-10/h4-8H,9H2,1-3H3/b7-5+. The third-order valence-corrected chi connectivity index (χ3v) is 2.56. The zero-order chi connectivity index (χ0) is 15.1. The number of likely N-dealkylation sites (N-methyl/N-ethyl adjacent to an activating group) is 1. The van der Waals surface area contributed by atoms with Crippen LogP contribution in [0.1, 0.15) is 5.56 Å². The van der Waals surface area contributed by atoms with Gasteiger partial charge < -0.3 is 14.4 Å². The average Bonchev–Trinajstić information content (AvgIpc) is 2.44. The number of nitrogens with zero attached hydrogens (tertiary/aromatic N) is 1. The van der Waals surface area contributed by atoms with E-state index in [9.17, 15) is 14.0 Å². The highest BCUT2D eigenvalue weighted by atomic mass is 19.1. The molecule has 0 unspecified atom stereocenters. The Morgan fingerprint density at radius 1 is 1.35 bits per heavy atom. The third kappa shape index (κ3) is 4.38. The predicted octanol–water partition coefficient (Wildman–Crippen LogP) is 1.48. The molecule has 1 rings (SSSR count). The molecule has 0 atom stereocenters. The number of esters is 1. The molecule has 5 nitrogen and oxygen atoms in total. The molecule has 0 saturated carbocycles. The second-order valence-electron chi connectivity index (χ2n) is 4.00. The SMILES string of the molecule is COC(=O)CN(C)C(=O)/C=C/c1ccc(OC)c(F)c1. The molecule has 1 aromatic rings. The number of carbonyl (C=O) groups is 2. The molecule has 0 aliphatic rings. The second kappa shape index (κ2) is 7.28. The van der Waals surface area contributed by atoms with Gasteiger partial charge in [0.2, 0.25) is 5.91 Å². The van der Waals surface area contributed by atoms with Crippen molar-refractivity contribution in [2.24, 2.45) is 0 Å². The van der Waals surface area contributed by atoms with Crippen LogP contribution in [0.3, 0.4) is 0 Å². The van der Waals surface area contributed by atoms with Crippen LogP contribution in [0.15, 0.2) is 24.3 Å². The maximum atomic E-state index is 13.4. The Morgan fingerprint density at radius 3 is 2.60 bits per heavy atom. The largest absolute Gasteiger partial charge is 0.494 e. The first-order chi connectivity index (χ1) is 9.47. The molecule has 108 valence electrons. The molecule has 0 spiro atoms. The minimum absolute atomic E-state index is 0.135. The van der Waals surface area contributed by atoms with Crippen LogP contribution < -0.4 is 4.74 Å². The molecule has 0 bridgehead atoms. The number of carbonyl (C=O) groups excluding carboxylic acids is 2. The molecule has 0 saturated heterocycles. The monoisotopic (exact) mass is 281 g/mol. The van der Waals surface area contributed by atoms with Gasteiger partial charge in [-0.05, 0) is 23.8 Å². The summed E-state index contributed by atoms with van der Waals surface area (Å²) in [4.78, 5) is 23.9. The molecule has 0 aliphatic heterocycles. The first kappa shape index (κ1) is 15.7. The average molecular weight is 281 g/mol. The molecule has 0 N–H and O–H groups in total. The summed E-state index contributed by atoms with van der Waals surface area (Å²) in [6.07, 6.45) is 2.71. The van der Waals surface area contributed by atoms with Crippen LogP contribution in [0.5, 0.6) is 5.75 Å². The molecule has 0 radical (unpaired) electrons. The van der Waals surface area contributed by atoms with E-state index in [0.29, 0.717) is 5.56 Å². The van der Waals surface area contributed by atoms with Crippen LogP contribution in [0.4, 0.5) is 4.39 Å². The molecular formula is C14H16FNO4. The second-order valence-corrected chi connectivity index (χ2v) is 4.00. The van der Waals surface area contributed by atoms with Crippen molar-refractivity contribution in [2.45, 2.75) is 0 Å². The zero-order valence-corrected chi connectivity index (χ0v) is 11.6. The zero-order valence-electron chi connectivity index (χ0n) is 11.6. The summed E-state index contributed by atoms with van der Waals surface area (Å²) in [6.45, 7) is -0.142. The van der Waals surface area contributed by atoms with E-state index in [1.54, 1.807) is 6.07 Å². The molecule has 0 heterocycles. The topological polar surface area (TPSA) is 55.8 Å². The maximum absolute atomic E-state index is 13.4. The fraction of sp³-hybridized carbons (Fsp3) is 0.286. The van der Waals surface area contributed by atoms with Gasteiger partial charge in [-0.15, -0.1) is 0 Å². The van der Waals surface area contributed by atoms with E-state index in [1.807, 2.05) is 0 Å². The summed E-state index contributed by atoms with van der Waals surface area (Å²) >= 11 is 0. The van der Waals surface area contributed by atoms with Crippen molar-refractivity contribution in [3.63, 3.8) is 0 Å². The summed E-state index contributed by atoms with van der Waals surface area (Å²) in [6, 6.07) is 4.34. The van der Waals surface area contributed by atoms with Crippen molar-refractivity contribution in [3.05, 3.63) is 35.7 Å².